The van der Waals surface area contributed by atoms with Gasteiger partial charge in [0, 0.05) is 11.7 Å². The SMILES string of the molecule is CC[NH+](CC(=O)Nc1ccc(OC)cc1)[C@H](C)C(=O)N[C@@H]1CCC[C@H](C)[C@@H]1C. The fourth-order valence-electron chi connectivity index (χ4n) is 3.95. The van der Waals surface area contributed by atoms with Gasteiger partial charge in [-0.2, -0.15) is 0 Å². The summed E-state index contributed by atoms with van der Waals surface area (Å²) in [6.45, 7) is 9.37. The van der Waals surface area contributed by atoms with Crippen LogP contribution in [0.4, 0.5) is 5.69 Å². The van der Waals surface area contributed by atoms with Crippen LogP contribution in [0.2, 0.25) is 0 Å². The fourth-order valence-corrected chi connectivity index (χ4v) is 3.95. The molecule has 0 saturated heterocycles. The van der Waals surface area contributed by atoms with Crippen LogP contribution in [0.1, 0.15) is 47.0 Å². The largest absolute Gasteiger partial charge is 0.497 e. The third-order valence-electron chi connectivity index (χ3n) is 6.26. The molecule has 1 fully saturated rings. The number of quaternary nitrogens is 1. The van der Waals surface area contributed by atoms with Crippen LogP contribution < -0.4 is 20.3 Å². The molecule has 6 heteroatoms. The summed E-state index contributed by atoms with van der Waals surface area (Å²) in [7, 11) is 1.61. The lowest BCUT2D eigenvalue weighted by atomic mass is 9.78. The zero-order valence-electron chi connectivity index (χ0n) is 17.9. The van der Waals surface area contributed by atoms with Gasteiger partial charge in [-0.15, -0.1) is 0 Å². The van der Waals surface area contributed by atoms with Gasteiger partial charge in [0.1, 0.15) is 5.75 Å². The smallest absolute Gasteiger partial charge is 0.279 e. The highest BCUT2D eigenvalue weighted by Crippen LogP contribution is 2.29. The molecule has 1 aliphatic carbocycles. The predicted molar refractivity (Wildman–Crippen MR) is 112 cm³/mol. The summed E-state index contributed by atoms with van der Waals surface area (Å²) in [5, 5.41) is 6.14. The number of carbonyl (C=O) groups is 2. The minimum Gasteiger partial charge on any atom is -0.497 e. The van der Waals surface area contributed by atoms with Gasteiger partial charge < -0.3 is 20.3 Å². The Kier molecular flexibility index (Phi) is 8.30. The molecule has 3 N–H and O–H groups in total. The molecule has 1 unspecified atom stereocenters. The van der Waals surface area contributed by atoms with Crippen molar-refractivity contribution in [2.24, 2.45) is 11.8 Å². The normalized spacial score (nSPS) is 24.1. The Balaban J connectivity index is 1.89. The molecule has 0 radical (unpaired) electrons. The fraction of sp³-hybridized carbons (Fsp3) is 0.636. The van der Waals surface area contributed by atoms with Crippen LogP contribution in [0.25, 0.3) is 0 Å². The first kappa shape index (κ1) is 22.2. The molecule has 0 aliphatic heterocycles. The van der Waals surface area contributed by atoms with Crippen molar-refractivity contribution in [3.8, 4) is 5.75 Å². The maximum atomic E-state index is 12.8. The molecule has 1 aromatic carbocycles. The van der Waals surface area contributed by atoms with Gasteiger partial charge in [-0.3, -0.25) is 9.59 Å². The van der Waals surface area contributed by atoms with E-state index in [1.54, 1.807) is 7.11 Å². The summed E-state index contributed by atoms with van der Waals surface area (Å²) in [5.41, 5.74) is 0.725. The molecule has 1 aliphatic rings. The van der Waals surface area contributed by atoms with Gasteiger partial charge >= 0.3 is 0 Å². The van der Waals surface area contributed by atoms with Crippen molar-refractivity contribution < 1.29 is 19.2 Å². The zero-order valence-corrected chi connectivity index (χ0v) is 17.9. The van der Waals surface area contributed by atoms with Crippen LogP contribution >= 0.6 is 0 Å². The average Bonchev–Trinajstić information content (AvgIpc) is 2.69. The number of nitrogens with one attached hydrogen (secondary N) is 3. The molecule has 5 atom stereocenters. The van der Waals surface area contributed by atoms with Crippen molar-refractivity contribution in [3.63, 3.8) is 0 Å². The van der Waals surface area contributed by atoms with Crippen molar-refractivity contribution in [2.75, 3.05) is 25.5 Å². The number of hydrogen-bond acceptors (Lipinski definition) is 3. The van der Waals surface area contributed by atoms with Crippen molar-refractivity contribution in [2.45, 2.75) is 59.0 Å². The minimum atomic E-state index is -0.268. The second kappa shape index (κ2) is 10.5. The van der Waals surface area contributed by atoms with Crippen LogP contribution in [-0.2, 0) is 9.59 Å². The molecular formula is C22H36N3O3+. The molecule has 2 rings (SSSR count). The maximum Gasteiger partial charge on any atom is 0.279 e. The third-order valence-corrected chi connectivity index (χ3v) is 6.26. The molecule has 0 spiro atoms. The number of rotatable bonds is 8. The second-order valence-corrected chi connectivity index (χ2v) is 8.07. The summed E-state index contributed by atoms with van der Waals surface area (Å²) >= 11 is 0. The Morgan fingerprint density at radius 2 is 1.89 bits per heavy atom. The first-order valence-electron chi connectivity index (χ1n) is 10.4. The maximum absolute atomic E-state index is 12.8. The van der Waals surface area contributed by atoms with Crippen LogP contribution in [0.3, 0.4) is 0 Å². The van der Waals surface area contributed by atoms with E-state index in [1.807, 2.05) is 38.1 Å². The molecule has 28 heavy (non-hydrogen) atoms. The zero-order chi connectivity index (χ0) is 20.7. The topological polar surface area (TPSA) is 71.9 Å². The quantitative estimate of drug-likeness (QED) is 0.635. The van der Waals surface area contributed by atoms with Gasteiger partial charge in [0.25, 0.3) is 11.8 Å². The number of methoxy groups -OCH3 is 1. The Morgan fingerprint density at radius 3 is 2.50 bits per heavy atom. The highest BCUT2D eigenvalue weighted by Gasteiger charge is 2.32. The van der Waals surface area contributed by atoms with Gasteiger partial charge in [0.05, 0.1) is 13.7 Å². The van der Waals surface area contributed by atoms with Gasteiger partial charge in [-0.1, -0.05) is 26.7 Å². The summed E-state index contributed by atoms with van der Waals surface area (Å²) in [4.78, 5) is 26.2. The van der Waals surface area contributed by atoms with Gasteiger partial charge in [-0.25, -0.2) is 0 Å². The standard InChI is InChI=1S/C22H35N3O3/c1-6-25(14-21(26)23-18-10-12-19(28-5)13-11-18)17(4)22(27)24-20-9-7-8-15(2)16(20)3/h10-13,15-17,20H,6-9,14H2,1-5H3,(H,23,26)(H,24,27)/p+1/t15-,16-,17+,20+/m0/s1. The monoisotopic (exact) mass is 390 g/mol. The lowest BCUT2D eigenvalue weighted by Crippen LogP contribution is -3.17. The molecule has 156 valence electrons. The first-order valence-corrected chi connectivity index (χ1v) is 10.4. The lowest BCUT2D eigenvalue weighted by molar-refractivity contribution is -0.904. The van der Waals surface area contributed by atoms with E-state index in [1.165, 1.54) is 12.8 Å². The summed E-state index contributed by atoms with van der Waals surface area (Å²) in [6, 6.07) is 7.21. The highest BCUT2D eigenvalue weighted by molar-refractivity contribution is 5.91. The van der Waals surface area contributed by atoms with E-state index in [0.717, 1.165) is 22.8 Å². The molecule has 2 amide bonds. The third kappa shape index (κ3) is 5.96. The second-order valence-electron chi connectivity index (χ2n) is 8.07. The first-order chi connectivity index (χ1) is 13.3. The molecule has 0 aromatic heterocycles. The van der Waals surface area contributed by atoms with E-state index >= 15 is 0 Å². The van der Waals surface area contributed by atoms with Crippen molar-refractivity contribution in [1.29, 1.82) is 0 Å². The number of hydrogen-bond donors (Lipinski definition) is 3. The molecule has 0 bridgehead atoms. The molecule has 6 nitrogen and oxygen atoms in total. The van der Waals surface area contributed by atoms with E-state index in [4.69, 9.17) is 4.74 Å². The number of likely N-dealkylation sites (N-methyl/N-ethyl adjacent to an activating group) is 1. The molecular weight excluding hydrogens is 354 g/mol. The Hall–Kier alpha value is -2.08. The van der Waals surface area contributed by atoms with E-state index in [2.05, 4.69) is 24.5 Å². The minimum absolute atomic E-state index is 0.0417. The number of anilines is 1. The Labute approximate surface area is 169 Å². The van der Waals surface area contributed by atoms with Gasteiger partial charge in [0.2, 0.25) is 0 Å². The van der Waals surface area contributed by atoms with Crippen LogP contribution in [0.5, 0.6) is 5.75 Å². The highest BCUT2D eigenvalue weighted by atomic mass is 16.5. The average molecular weight is 391 g/mol. The number of carbonyl (C=O) groups excluding carboxylic acids is 2. The Bertz CT molecular complexity index is 647. The van der Waals surface area contributed by atoms with Crippen LogP contribution in [0, 0.1) is 11.8 Å². The van der Waals surface area contributed by atoms with Crippen molar-refractivity contribution in [1.82, 2.24) is 5.32 Å². The molecule has 1 saturated carbocycles. The number of amides is 2. The number of ether oxygens (including phenoxy) is 1. The predicted octanol–water partition coefficient (Wildman–Crippen LogP) is 1.87. The lowest BCUT2D eigenvalue weighted by Gasteiger charge is -2.35. The van der Waals surface area contributed by atoms with E-state index in [-0.39, 0.29) is 30.4 Å². The van der Waals surface area contributed by atoms with E-state index < -0.39 is 0 Å². The van der Waals surface area contributed by atoms with E-state index in [0.29, 0.717) is 18.4 Å². The Morgan fingerprint density at radius 1 is 1.21 bits per heavy atom. The molecule has 1 aromatic rings. The summed E-state index contributed by atoms with van der Waals surface area (Å²) < 4.78 is 5.13. The summed E-state index contributed by atoms with van der Waals surface area (Å²) in [6.07, 6.45) is 3.45. The number of benzene rings is 1. The molecule has 0 heterocycles. The van der Waals surface area contributed by atoms with Crippen molar-refractivity contribution in [3.05, 3.63) is 24.3 Å². The van der Waals surface area contributed by atoms with E-state index in [9.17, 15) is 9.59 Å². The summed E-state index contributed by atoms with van der Waals surface area (Å²) in [5.74, 6) is 1.82. The van der Waals surface area contributed by atoms with Gasteiger partial charge in [-0.05, 0) is 56.4 Å². The van der Waals surface area contributed by atoms with Gasteiger partial charge in [0.15, 0.2) is 12.6 Å². The van der Waals surface area contributed by atoms with Crippen LogP contribution in [0.15, 0.2) is 24.3 Å². The van der Waals surface area contributed by atoms with Crippen molar-refractivity contribution >= 4 is 17.5 Å². The van der Waals surface area contributed by atoms with Crippen LogP contribution in [-0.4, -0.2) is 44.1 Å².